The van der Waals surface area contributed by atoms with Crippen LogP contribution in [-0.4, -0.2) is 9.55 Å². The molecule has 0 atom stereocenters. The monoisotopic (exact) mass is 587 g/mol. The van der Waals surface area contributed by atoms with Gasteiger partial charge in [0, 0.05) is 33.3 Å². The SMILES string of the molecule is c1ccc(-c2cc(-c3ccccc3)nc(N3c4ccccc4-c4c(n(-c5ccccc5)c5ccccc45)-c4ccccc43)c2)cc1. The number of hydrogen-bond donors (Lipinski definition) is 0. The number of hydrogen-bond acceptors (Lipinski definition) is 2. The topological polar surface area (TPSA) is 21.1 Å². The zero-order valence-electron chi connectivity index (χ0n) is 25.1. The quantitative estimate of drug-likeness (QED) is 0.204. The van der Waals surface area contributed by atoms with Crippen LogP contribution in [0.1, 0.15) is 0 Å². The summed E-state index contributed by atoms with van der Waals surface area (Å²) in [6, 6.07) is 62.5. The lowest BCUT2D eigenvalue weighted by Gasteiger charge is -2.27. The summed E-state index contributed by atoms with van der Waals surface area (Å²) in [5, 5.41) is 1.22. The molecule has 0 radical (unpaired) electrons. The number of rotatable bonds is 4. The highest BCUT2D eigenvalue weighted by Gasteiger charge is 2.31. The molecule has 1 aliphatic heterocycles. The van der Waals surface area contributed by atoms with E-state index in [1.807, 2.05) is 0 Å². The van der Waals surface area contributed by atoms with Crippen molar-refractivity contribution < 1.29 is 0 Å². The predicted octanol–water partition coefficient (Wildman–Crippen LogP) is 11.5. The average Bonchev–Trinajstić information content (AvgIpc) is 3.42. The van der Waals surface area contributed by atoms with Crippen LogP contribution in [0.5, 0.6) is 0 Å². The number of aromatic nitrogens is 2. The van der Waals surface area contributed by atoms with Crippen LogP contribution in [0, 0.1) is 0 Å². The van der Waals surface area contributed by atoms with E-state index in [0.29, 0.717) is 0 Å². The molecule has 3 heterocycles. The Balaban J connectivity index is 1.39. The number of fused-ring (bicyclic) bond motifs is 7. The maximum absolute atomic E-state index is 5.40. The lowest BCUT2D eigenvalue weighted by molar-refractivity contribution is 1.13. The first-order valence-corrected chi connectivity index (χ1v) is 15.7. The van der Waals surface area contributed by atoms with E-state index in [-0.39, 0.29) is 0 Å². The van der Waals surface area contributed by atoms with Crippen LogP contribution in [0.15, 0.2) is 176 Å². The van der Waals surface area contributed by atoms with Crippen molar-refractivity contribution in [1.29, 1.82) is 0 Å². The van der Waals surface area contributed by atoms with Gasteiger partial charge in [-0.3, -0.25) is 4.90 Å². The van der Waals surface area contributed by atoms with Crippen LogP contribution >= 0.6 is 0 Å². The van der Waals surface area contributed by atoms with Crippen molar-refractivity contribution in [3.05, 3.63) is 176 Å². The predicted molar refractivity (Wildman–Crippen MR) is 191 cm³/mol. The zero-order valence-corrected chi connectivity index (χ0v) is 25.1. The van der Waals surface area contributed by atoms with Gasteiger partial charge in [-0.1, -0.05) is 133 Å². The third-order valence-corrected chi connectivity index (χ3v) is 8.92. The molecular weight excluding hydrogens is 558 g/mol. The van der Waals surface area contributed by atoms with E-state index in [4.69, 9.17) is 4.98 Å². The van der Waals surface area contributed by atoms with Gasteiger partial charge in [-0.15, -0.1) is 0 Å². The maximum atomic E-state index is 5.40. The first-order chi connectivity index (χ1) is 22.8. The van der Waals surface area contributed by atoms with Crippen molar-refractivity contribution >= 4 is 28.1 Å². The van der Waals surface area contributed by atoms with Crippen LogP contribution in [0.25, 0.3) is 61.4 Å². The number of para-hydroxylation sites is 4. The van der Waals surface area contributed by atoms with Gasteiger partial charge in [0.2, 0.25) is 0 Å². The maximum Gasteiger partial charge on any atom is 0.138 e. The van der Waals surface area contributed by atoms with Crippen molar-refractivity contribution in [3.63, 3.8) is 0 Å². The van der Waals surface area contributed by atoms with Crippen molar-refractivity contribution in [2.45, 2.75) is 0 Å². The van der Waals surface area contributed by atoms with Crippen LogP contribution < -0.4 is 4.90 Å². The van der Waals surface area contributed by atoms with Gasteiger partial charge in [0.05, 0.1) is 28.3 Å². The minimum atomic E-state index is 0.876. The molecule has 0 N–H and O–H groups in total. The van der Waals surface area contributed by atoms with E-state index < -0.39 is 0 Å². The molecule has 216 valence electrons. The molecule has 9 rings (SSSR count). The molecule has 0 bridgehead atoms. The standard InChI is InChI=1S/C43H29N3/c1-4-16-30(17-5-1)32-28-37(31-18-6-2-7-19-31)44-41(29-32)46-39-26-14-11-23-35(39)42-34-22-10-13-25-38(34)45(33-20-8-3-9-21-33)43(42)36-24-12-15-27-40(36)46/h1-29H. The Morgan fingerprint density at radius 3 is 1.74 bits per heavy atom. The van der Waals surface area contributed by atoms with E-state index in [1.54, 1.807) is 0 Å². The normalized spacial score (nSPS) is 11.9. The van der Waals surface area contributed by atoms with E-state index in [0.717, 1.165) is 50.8 Å². The van der Waals surface area contributed by atoms with Gasteiger partial charge in [0.25, 0.3) is 0 Å². The number of nitrogens with zero attached hydrogens (tertiary/aromatic N) is 3. The number of benzene rings is 6. The van der Waals surface area contributed by atoms with Crippen molar-refractivity contribution in [1.82, 2.24) is 9.55 Å². The van der Waals surface area contributed by atoms with Crippen LogP contribution in [0.3, 0.4) is 0 Å². The molecule has 0 saturated heterocycles. The number of pyridine rings is 1. The Hall–Kier alpha value is -6.19. The zero-order chi connectivity index (χ0) is 30.5. The Labute approximate surface area is 268 Å². The molecule has 1 aliphatic rings. The van der Waals surface area contributed by atoms with Gasteiger partial charge in [-0.05, 0) is 53.6 Å². The summed E-state index contributed by atoms with van der Waals surface area (Å²) in [6.07, 6.45) is 0. The Morgan fingerprint density at radius 1 is 0.435 bits per heavy atom. The third kappa shape index (κ3) is 4.17. The van der Waals surface area contributed by atoms with E-state index >= 15 is 0 Å². The minimum absolute atomic E-state index is 0.876. The summed E-state index contributed by atoms with van der Waals surface area (Å²) >= 11 is 0. The molecule has 0 unspecified atom stereocenters. The Kier molecular flexibility index (Phi) is 6.14. The number of anilines is 3. The first kappa shape index (κ1) is 26.2. The fraction of sp³-hybridized carbons (Fsp3) is 0. The lowest BCUT2D eigenvalue weighted by Crippen LogP contribution is -2.13. The molecule has 0 amide bonds. The van der Waals surface area contributed by atoms with Gasteiger partial charge in [0.15, 0.2) is 0 Å². The highest BCUT2D eigenvalue weighted by molar-refractivity contribution is 6.12. The summed E-state index contributed by atoms with van der Waals surface area (Å²) < 4.78 is 2.42. The second-order valence-electron chi connectivity index (χ2n) is 11.6. The summed E-state index contributed by atoms with van der Waals surface area (Å²) in [6.45, 7) is 0. The highest BCUT2D eigenvalue weighted by atomic mass is 15.2. The molecule has 46 heavy (non-hydrogen) atoms. The van der Waals surface area contributed by atoms with Crippen LogP contribution in [0.2, 0.25) is 0 Å². The van der Waals surface area contributed by atoms with Gasteiger partial charge >= 0.3 is 0 Å². The minimum Gasteiger partial charge on any atom is -0.309 e. The summed E-state index contributed by atoms with van der Waals surface area (Å²) in [5.74, 6) is 0.876. The molecule has 3 heteroatoms. The molecular formula is C43H29N3. The molecule has 8 aromatic rings. The Bertz CT molecular complexity index is 2300. The first-order valence-electron chi connectivity index (χ1n) is 15.7. The molecule has 6 aromatic carbocycles. The second-order valence-corrected chi connectivity index (χ2v) is 11.6. The van der Waals surface area contributed by atoms with Crippen molar-refractivity contribution in [2.24, 2.45) is 0 Å². The van der Waals surface area contributed by atoms with E-state index in [9.17, 15) is 0 Å². The fourth-order valence-electron chi connectivity index (χ4n) is 6.92. The van der Waals surface area contributed by atoms with Crippen molar-refractivity contribution in [3.8, 4) is 50.5 Å². The molecule has 2 aromatic heterocycles. The van der Waals surface area contributed by atoms with E-state index in [1.165, 1.54) is 27.7 Å². The molecule has 0 fully saturated rings. The van der Waals surface area contributed by atoms with Gasteiger partial charge in [0.1, 0.15) is 5.82 Å². The van der Waals surface area contributed by atoms with Crippen molar-refractivity contribution in [2.75, 3.05) is 4.90 Å². The van der Waals surface area contributed by atoms with Gasteiger partial charge in [-0.25, -0.2) is 4.98 Å². The summed E-state index contributed by atoms with van der Waals surface area (Å²) in [5.41, 5.74) is 13.6. The van der Waals surface area contributed by atoms with Crippen LogP contribution in [-0.2, 0) is 0 Å². The highest BCUT2D eigenvalue weighted by Crippen LogP contribution is 2.54. The molecule has 0 saturated carbocycles. The second kappa shape index (κ2) is 10.8. The van der Waals surface area contributed by atoms with Crippen LogP contribution in [0.4, 0.5) is 17.2 Å². The smallest absolute Gasteiger partial charge is 0.138 e. The molecule has 3 nitrogen and oxygen atoms in total. The summed E-state index contributed by atoms with van der Waals surface area (Å²) in [7, 11) is 0. The summed E-state index contributed by atoms with van der Waals surface area (Å²) in [4.78, 5) is 7.76. The fourth-order valence-corrected chi connectivity index (χ4v) is 6.92. The average molecular weight is 588 g/mol. The molecule has 0 aliphatic carbocycles. The van der Waals surface area contributed by atoms with Gasteiger partial charge < -0.3 is 4.57 Å². The van der Waals surface area contributed by atoms with Gasteiger partial charge in [-0.2, -0.15) is 0 Å². The molecule has 0 spiro atoms. The Morgan fingerprint density at radius 2 is 1.00 bits per heavy atom. The van der Waals surface area contributed by atoms with E-state index in [2.05, 4.69) is 185 Å². The third-order valence-electron chi connectivity index (χ3n) is 8.92. The lowest BCUT2D eigenvalue weighted by atomic mass is 9.98. The largest absolute Gasteiger partial charge is 0.309 e.